The predicted molar refractivity (Wildman–Crippen MR) is 67.1 cm³/mol. The Kier molecular flexibility index (Phi) is 3.36. The minimum atomic E-state index is 0.0738. The van der Waals surface area contributed by atoms with E-state index in [0.717, 1.165) is 12.8 Å². The lowest BCUT2D eigenvalue weighted by molar-refractivity contribution is 0.0511. The van der Waals surface area contributed by atoms with Crippen molar-refractivity contribution >= 4 is 5.91 Å². The maximum absolute atomic E-state index is 12.4. The highest BCUT2D eigenvalue weighted by Gasteiger charge is 2.29. The molecule has 1 aromatic carbocycles. The van der Waals surface area contributed by atoms with E-state index in [1.54, 1.807) is 24.3 Å². The minimum Gasteiger partial charge on any atom is -0.508 e. The number of amides is 1. The van der Waals surface area contributed by atoms with Gasteiger partial charge in [-0.25, -0.2) is 0 Å². The summed E-state index contributed by atoms with van der Waals surface area (Å²) >= 11 is 0. The van der Waals surface area contributed by atoms with Crippen LogP contribution in [-0.4, -0.2) is 28.0 Å². The molecule has 0 aromatic heterocycles. The van der Waals surface area contributed by atoms with Gasteiger partial charge in [0.1, 0.15) is 5.75 Å². The molecule has 3 heteroatoms. The molecule has 0 bridgehead atoms. The standard InChI is InChI=1S/C14H19NO2/c1-10-4-3-5-11(2)15(10)14(17)12-6-8-13(16)9-7-12/h6-11,16H,3-5H2,1-2H3. The van der Waals surface area contributed by atoms with E-state index in [1.165, 1.54) is 6.42 Å². The Balaban J connectivity index is 2.20. The van der Waals surface area contributed by atoms with Gasteiger partial charge in [-0.05, 0) is 57.4 Å². The lowest BCUT2D eigenvalue weighted by atomic mass is 9.96. The molecule has 2 atom stereocenters. The highest BCUT2D eigenvalue weighted by molar-refractivity contribution is 5.94. The van der Waals surface area contributed by atoms with Gasteiger partial charge in [-0.15, -0.1) is 0 Å². The molecule has 0 radical (unpaired) electrons. The number of carbonyl (C=O) groups is 1. The first-order valence-electron chi connectivity index (χ1n) is 6.21. The van der Waals surface area contributed by atoms with Crippen LogP contribution in [0.1, 0.15) is 43.5 Å². The SMILES string of the molecule is CC1CCCC(C)N1C(=O)c1ccc(O)cc1. The Labute approximate surface area is 102 Å². The molecule has 1 aliphatic rings. The molecule has 1 aromatic rings. The number of rotatable bonds is 1. The fourth-order valence-corrected chi connectivity index (χ4v) is 2.57. The van der Waals surface area contributed by atoms with Crippen LogP contribution in [0.3, 0.4) is 0 Å². The Morgan fingerprint density at radius 3 is 2.24 bits per heavy atom. The number of nitrogens with zero attached hydrogens (tertiary/aromatic N) is 1. The average molecular weight is 233 g/mol. The van der Waals surface area contributed by atoms with Crippen molar-refractivity contribution in [3.63, 3.8) is 0 Å². The first-order valence-corrected chi connectivity index (χ1v) is 6.21. The highest BCUT2D eigenvalue weighted by Crippen LogP contribution is 2.25. The van der Waals surface area contributed by atoms with E-state index >= 15 is 0 Å². The van der Waals surface area contributed by atoms with E-state index in [2.05, 4.69) is 13.8 Å². The summed E-state index contributed by atoms with van der Waals surface area (Å²) in [6.07, 6.45) is 3.35. The second-order valence-corrected chi connectivity index (χ2v) is 4.89. The van der Waals surface area contributed by atoms with Gasteiger partial charge in [0.05, 0.1) is 0 Å². The van der Waals surface area contributed by atoms with Crippen LogP contribution < -0.4 is 0 Å². The van der Waals surface area contributed by atoms with Gasteiger partial charge in [-0.2, -0.15) is 0 Å². The zero-order chi connectivity index (χ0) is 12.4. The summed E-state index contributed by atoms with van der Waals surface area (Å²) in [4.78, 5) is 14.3. The van der Waals surface area contributed by atoms with E-state index in [4.69, 9.17) is 0 Å². The minimum absolute atomic E-state index is 0.0738. The Morgan fingerprint density at radius 1 is 1.18 bits per heavy atom. The second kappa shape index (κ2) is 4.78. The third kappa shape index (κ3) is 2.43. The number of piperidine rings is 1. The number of benzene rings is 1. The Morgan fingerprint density at radius 2 is 1.71 bits per heavy atom. The van der Waals surface area contributed by atoms with E-state index in [9.17, 15) is 9.90 Å². The van der Waals surface area contributed by atoms with Crippen LogP contribution in [0.5, 0.6) is 5.75 Å². The summed E-state index contributed by atoms with van der Waals surface area (Å²) in [5.74, 6) is 0.269. The van der Waals surface area contributed by atoms with Crippen molar-refractivity contribution in [3.8, 4) is 5.75 Å². The van der Waals surface area contributed by atoms with Crippen molar-refractivity contribution < 1.29 is 9.90 Å². The zero-order valence-electron chi connectivity index (χ0n) is 10.4. The molecule has 2 rings (SSSR count). The van der Waals surface area contributed by atoms with Crippen LogP contribution in [0.25, 0.3) is 0 Å². The third-order valence-corrected chi connectivity index (χ3v) is 3.54. The van der Waals surface area contributed by atoms with Gasteiger partial charge < -0.3 is 10.0 Å². The van der Waals surface area contributed by atoms with Crippen LogP contribution in [0.2, 0.25) is 0 Å². The van der Waals surface area contributed by atoms with Crippen LogP contribution in [0, 0.1) is 0 Å². The summed E-state index contributed by atoms with van der Waals surface area (Å²) in [5.41, 5.74) is 0.656. The molecule has 1 fully saturated rings. The van der Waals surface area contributed by atoms with Gasteiger partial charge in [-0.3, -0.25) is 4.79 Å². The van der Waals surface area contributed by atoms with Crippen molar-refractivity contribution in [1.82, 2.24) is 4.90 Å². The Hall–Kier alpha value is -1.51. The number of hydrogen-bond donors (Lipinski definition) is 1. The molecule has 2 unspecified atom stereocenters. The maximum Gasteiger partial charge on any atom is 0.254 e. The number of likely N-dealkylation sites (tertiary alicyclic amines) is 1. The molecule has 0 spiro atoms. The zero-order valence-corrected chi connectivity index (χ0v) is 10.4. The quantitative estimate of drug-likeness (QED) is 0.810. The lowest BCUT2D eigenvalue weighted by Gasteiger charge is -2.39. The molecule has 17 heavy (non-hydrogen) atoms. The monoisotopic (exact) mass is 233 g/mol. The number of carbonyl (C=O) groups excluding carboxylic acids is 1. The molecule has 1 heterocycles. The molecular formula is C14H19NO2. The van der Waals surface area contributed by atoms with Crippen LogP contribution >= 0.6 is 0 Å². The molecule has 0 aliphatic carbocycles. The first kappa shape index (κ1) is 12.0. The average Bonchev–Trinajstić information content (AvgIpc) is 2.29. The lowest BCUT2D eigenvalue weighted by Crippen LogP contribution is -2.47. The van der Waals surface area contributed by atoms with Crippen molar-refractivity contribution in [2.45, 2.75) is 45.2 Å². The van der Waals surface area contributed by atoms with Gasteiger partial charge in [0.2, 0.25) is 0 Å². The molecule has 0 saturated carbocycles. The van der Waals surface area contributed by atoms with E-state index in [0.29, 0.717) is 17.6 Å². The fraction of sp³-hybridized carbons (Fsp3) is 0.500. The van der Waals surface area contributed by atoms with Gasteiger partial charge in [-0.1, -0.05) is 0 Å². The molecule has 1 N–H and O–H groups in total. The number of aromatic hydroxyl groups is 1. The molecule has 1 aliphatic heterocycles. The summed E-state index contributed by atoms with van der Waals surface area (Å²) in [7, 11) is 0. The van der Waals surface area contributed by atoms with E-state index in [1.807, 2.05) is 4.90 Å². The van der Waals surface area contributed by atoms with Crippen molar-refractivity contribution in [3.05, 3.63) is 29.8 Å². The number of hydrogen-bond acceptors (Lipinski definition) is 2. The smallest absolute Gasteiger partial charge is 0.254 e. The van der Waals surface area contributed by atoms with Crippen molar-refractivity contribution in [1.29, 1.82) is 0 Å². The van der Waals surface area contributed by atoms with Crippen LogP contribution in [-0.2, 0) is 0 Å². The number of phenols is 1. The topological polar surface area (TPSA) is 40.5 Å². The number of phenolic OH excluding ortho intramolecular Hbond substituents is 1. The van der Waals surface area contributed by atoms with Gasteiger partial charge >= 0.3 is 0 Å². The van der Waals surface area contributed by atoms with Crippen molar-refractivity contribution in [2.24, 2.45) is 0 Å². The highest BCUT2D eigenvalue weighted by atomic mass is 16.3. The maximum atomic E-state index is 12.4. The van der Waals surface area contributed by atoms with Gasteiger partial charge in [0.25, 0.3) is 5.91 Å². The van der Waals surface area contributed by atoms with Gasteiger partial charge in [0.15, 0.2) is 0 Å². The molecule has 1 amide bonds. The van der Waals surface area contributed by atoms with Crippen molar-refractivity contribution in [2.75, 3.05) is 0 Å². The van der Waals surface area contributed by atoms with Crippen LogP contribution in [0.4, 0.5) is 0 Å². The first-order chi connectivity index (χ1) is 8.09. The van der Waals surface area contributed by atoms with E-state index < -0.39 is 0 Å². The molecule has 92 valence electrons. The van der Waals surface area contributed by atoms with Crippen LogP contribution in [0.15, 0.2) is 24.3 Å². The molecule has 3 nitrogen and oxygen atoms in total. The van der Waals surface area contributed by atoms with E-state index in [-0.39, 0.29) is 11.7 Å². The molecule has 1 saturated heterocycles. The summed E-state index contributed by atoms with van der Waals surface area (Å²) in [6, 6.07) is 7.11. The summed E-state index contributed by atoms with van der Waals surface area (Å²) < 4.78 is 0. The predicted octanol–water partition coefficient (Wildman–Crippen LogP) is 2.80. The normalized spacial score (nSPS) is 24.7. The fourth-order valence-electron chi connectivity index (χ4n) is 2.57. The summed E-state index contributed by atoms with van der Waals surface area (Å²) in [5, 5.41) is 9.23. The van der Waals surface area contributed by atoms with Gasteiger partial charge in [0, 0.05) is 17.6 Å². The second-order valence-electron chi connectivity index (χ2n) is 4.89. The Bertz CT molecular complexity index is 389. The largest absolute Gasteiger partial charge is 0.508 e. The molecular weight excluding hydrogens is 214 g/mol. The summed E-state index contributed by atoms with van der Waals surface area (Å²) in [6.45, 7) is 4.21. The third-order valence-electron chi connectivity index (χ3n) is 3.54.